The Labute approximate surface area is 118 Å². The zero-order valence-corrected chi connectivity index (χ0v) is 11.7. The second-order valence-corrected chi connectivity index (χ2v) is 5.17. The molecule has 0 radical (unpaired) electrons. The quantitative estimate of drug-likeness (QED) is 0.902. The molecule has 2 N–H and O–H groups in total. The molecular weight excluding hydrogens is 252 g/mol. The maximum Gasteiger partial charge on any atom is 0.183 e. The molecule has 1 fully saturated rings. The molecule has 106 valence electrons. The Bertz CT molecular complexity index is 559. The first-order valence-electron chi connectivity index (χ1n) is 7.15. The number of hydrogen-bond acceptors (Lipinski definition) is 4. The van der Waals surface area contributed by atoms with Crippen molar-refractivity contribution < 1.29 is 4.74 Å². The van der Waals surface area contributed by atoms with Crippen LogP contribution in [0, 0.1) is 6.92 Å². The van der Waals surface area contributed by atoms with Crippen molar-refractivity contribution in [1.82, 2.24) is 15.2 Å². The number of benzene rings is 1. The lowest BCUT2D eigenvalue weighted by Gasteiger charge is -2.18. The van der Waals surface area contributed by atoms with Gasteiger partial charge in [-0.2, -0.15) is 5.10 Å². The summed E-state index contributed by atoms with van der Waals surface area (Å²) in [4.78, 5) is 4.42. The van der Waals surface area contributed by atoms with E-state index in [4.69, 9.17) is 4.74 Å². The van der Waals surface area contributed by atoms with Crippen molar-refractivity contribution in [2.75, 3.05) is 18.5 Å². The average Bonchev–Trinajstić information content (AvgIpc) is 2.73. The number of nitrogens with zero attached hydrogens (tertiary/aromatic N) is 2. The highest BCUT2D eigenvalue weighted by molar-refractivity contribution is 5.73. The number of aromatic nitrogens is 3. The molecule has 1 unspecified atom stereocenters. The maximum absolute atomic E-state index is 5.51. The van der Waals surface area contributed by atoms with Gasteiger partial charge in [-0.1, -0.05) is 12.1 Å². The Morgan fingerprint density at radius 2 is 2.15 bits per heavy atom. The standard InChI is InChI=1S/C15H20N4O/c1-11-16-15(19-18-11)13-6-2-3-7-14(13)17-12-5-4-9-20-10-8-12/h2-3,6-7,12,17H,4-5,8-10H2,1H3,(H,16,18,19). The van der Waals surface area contributed by atoms with Crippen molar-refractivity contribution in [2.45, 2.75) is 32.2 Å². The Morgan fingerprint density at radius 1 is 1.25 bits per heavy atom. The zero-order chi connectivity index (χ0) is 13.8. The lowest BCUT2D eigenvalue weighted by Crippen LogP contribution is -2.20. The second-order valence-electron chi connectivity index (χ2n) is 5.17. The van der Waals surface area contributed by atoms with E-state index in [1.165, 1.54) is 0 Å². The second kappa shape index (κ2) is 6.05. The first-order chi connectivity index (χ1) is 9.83. The van der Waals surface area contributed by atoms with E-state index in [2.05, 4.69) is 32.6 Å². The molecule has 2 heterocycles. The molecule has 1 aliphatic rings. The van der Waals surface area contributed by atoms with E-state index >= 15 is 0 Å². The summed E-state index contributed by atoms with van der Waals surface area (Å²) in [5.41, 5.74) is 2.14. The Kier molecular flexibility index (Phi) is 3.97. The number of H-pyrrole nitrogens is 1. The minimum absolute atomic E-state index is 0.457. The van der Waals surface area contributed by atoms with E-state index in [0.717, 1.165) is 55.4 Å². The smallest absolute Gasteiger partial charge is 0.183 e. The summed E-state index contributed by atoms with van der Waals surface area (Å²) in [7, 11) is 0. The van der Waals surface area contributed by atoms with Gasteiger partial charge in [0.05, 0.1) is 0 Å². The van der Waals surface area contributed by atoms with Crippen LogP contribution in [0.3, 0.4) is 0 Å². The third-order valence-corrected chi connectivity index (χ3v) is 3.58. The molecule has 1 saturated heterocycles. The van der Waals surface area contributed by atoms with Gasteiger partial charge in [0, 0.05) is 30.5 Å². The Hall–Kier alpha value is -1.88. The molecule has 1 atom stereocenters. The van der Waals surface area contributed by atoms with Crippen molar-refractivity contribution in [3.05, 3.63) is 30.1 Å². The molecule has 5 nitrogen and oxygen atoms in total. The van der Waals surface area contributed by atoms with E-state index in [1.54, 1.807) is 0 Å². The van der Waals surface area contributed by atoms with E-state index in [-0.39, 0.29) is 0 Å². The van der Waals surface area contributed by atoms with E-state index in [0.29, 0.717) is 6.04 Å². The lowest BCUT2D eigenvalue weighted by molar-refractivity contribution is 0.144. The average molecular weight is 272 g/mol. The summed E-state index contributed by atoms with van der Waals surface area (Å²) < 4.78 is 5.51. The Balaban J connectivity index is 1.82. The van der Waals surface area contributed by atoms with Crippen LogP contribution in [0.15, 0.2) is 24.3 Å². The van der Waals surface area contributed by atoms with Crippen LogP contribution >= 0.6 is 0 Å². The summed E-state index contributed by atoms with van der Waals surface area (Å²) in [6, 6.07) is 8.66. The van der Waals surface area contributed by atoms with Crippen LogP contribution in [0.2, 0.25) is 0 Å². The minimum Gasteiger partial charge on any atom is -0.382 e. The highest BCUT2D eigenvalue weighted by Crippen LogP contribution is 2.26. The van der Waals surface area contributed by atoms with Crippen LogP contribution in [0.4, 0.5) is 5.69 Å². The number of rotatable bonds is 3. The topological polar surface area (TPSA) is 62.8 Å². The van der Waals surface area contributed by atoms with Crippen LogP contribution < -0.4 is 5.32 Å². The summed E-state index contributed by atoms with van der Waals surface area (Å²) in [5, 5.41) is 10.8. The largest absolute Gasteiger partial charge is 0.382 e. The van der Waals surface area contributed by atoms with Gasteiger partial charge < -0.3 is 10.1 Å². The molecule has 1 aromatic heterocycles. The molecule has 0 amide bonds. The van der Waals surface area contributed by atoms with Gasteiger partial charge in [-0.3, -0.25) is 5.10 Å². The van der Waals surface area contributed by atoms with Gasteiger partial charge in [0.25, 0.3) is 0 Å². The predicted octanol–water partition coefficient (Wildman–Crippen LogP) is 2.76. The summed E-state index contributed by atoms with van der Waals surface area (Å²) >= 11 is 0. The van der Waals surface area contributed by atoms with Gasteiger partial charge >= 0.3 is 0 Å². The van der Waals surface area contributed by atoms with Crippen LogP contribution in [0.1, 0.15) is 25.1 Å². The van der Waals surface area contributed by atoms with Crippen molar-refractivity contribution >= 4 is 5.69 Å². The number of anilines is 1. The molecule has 2 aromatic rings. The van der Waals surface area contributed by atoms with Gasteiger partial charge in [-0.25, -0.2) is 4.98 Å². The van der Waals surface area contributed by atoms with Crippen LogP contribution in [-0.4, -0.2) is 34.4 Å². The SMILES string of the molecule is Cc1nc(-c2ccccc2NC2CCCOCC2)n[nH]1. The zero-order valence-electron chi connectivity index (χ0n) is 11.7. The maximum atomic E-state index is 5.51. The highest BCUT2D eigenvalue weighted by atomic mass is 16.5. The molecule has 0 aliphatic carbocycles. The minimum atomic E-state index is 0.457. The van der Waals surface area contributed by atoms with Crippen LogP contribution in [-0.2, 0) is 4.74 Å². The number of aryl methyl sites for hydroxylation is 1. The number of hydrogen-bond donors (Lipinski definition) is 2. The molecule has 0 bridgehead atoms. The lowest BCUT2D eigenvalue weighted by atomic mass is 10.1. The van der Waals surface area contributed by atoms with Crippen LogP contribution in [0.5, 0.6) is 0 Å². The van der Waals surface area contributed by atoms with Crippen molar-refractivity contribution in [3.8, 4) is 11.4 Å². The van der Waals surface area contributed by atoms with Gasteiger partial charge in [-0.15, -0.1) is 0 Å². The van der Waals surface area contributed by atoms with Gasteiger partial charge in [-0.05, 0) is 38.3 Å². The van der Waals surface area contributed by atoms with E-state index in [9.17, 15) is 0 Å². The normalized spacial score (nSPS) is 19.6. The van der Waals surface area contributed by atoms with Crippen LogP contribution in [0.25, 0.3) is 11.4 Å². The number of ether oxygens (including phenoxy) is 1. The van der Waals surface area contributed by atoms with E-state index < -0.39 is 0 Å². The molecule has 0 saturated carbocycles. The fourth-order valence-corrected chi connectivity index (χ4v) is 2.54. The number of para-hydroxylation sites is 1. The molecule has 3 rings (SSSR count). The third kappa shape index (κ3) is 2.99. The first kappa shape index (κ1) is 13.1. The van der Waals surface area contributed by atoms with E-state index in [1.807, 2.05) is 19.1 Å². The molecular formula is C15H20N4O. The van der Waals surface area contributed by atoms with Gasteiger partial charge in [0.1, 0.15) is 5.82 Å². The number of aromatic amines is 1. The molecule has 0 spiro atoms. The predicted molar refractivity (Wildman–Crippen MR) is 78.6 cm³/mol. The molecule has 1 aromatic carbocycles. The fraction of sp³-hybridized carbons (Fsp3) is 0.467. The number of nitrogens with one attached hydrogen (secondary N) is 2. The summed E-state index contributed by atoms with van der Waals surface area (Å²) in [6.45, 7) is 3.62. The van der Waals surface area contributed by atoms with Crippen molar-refractivity contribution in [1.29, 1.82) is 0 Å². The van der Waals surface area contributed by atoms with Gasteiger partial charge in [0.15, 0.2) is 5.82 Å². The third-order valence-electron chi connectivity index (χ3n) is 3.58. The molecule has 1 aliphatic heterocycles. The summed E-state index contributed by atoms with van der Waals surface area (Å²) in [6.07, 6.45) is 3.29. The monoisotopic (exact) mass is 272 g/mol. The summed E-state index contributed by atoms with van der Waals surface area (Å²) in [5.74, 6) is 1.58. The van der Waals surface area contributed by atoms with Gasteiger partial charge in [0.2, 0.25) is 0 Å². The fourth-order valence-electron chi connectivity index (χ4n) is 2.54. The first-order valence-corrected chi connectivity index (χ1v) is 7.15. The Morgan fingerprint density at radius 3 is 3.00 bits per heavy atom. The van der Waals surface area contributed by atoms with Crippen molar-refractivity contribution in [2.24, 2.45) is 0 Å². The molecule has 20 heavy (non-hydrogen) atoms. The highest BCUT2D eigenvalue weighted by Gasteiger charge is 2.15. The molecule has 5 heteroatoms. The van der Waals surface area contributed by atoms with Crippen molar-refractivity contribution in [3.63, 3.8) is 0 Å².